The molecule has 0 saturated heterocycles. The molecule has 0 unspecified atom stereocenters. The molecule has 1 aromatic carbocycles. The van der Waals surface area contributed by atoms with E-state index in [1.54, 1.807) is 0 Å². The van der Waals surface area contributed by atoms with Gasteiger partial charge in [0.2, 0.25) is 5.71 Å². The van der Waals surface area contributed by atoms with Crippen molar-refractivity contribution in [1.29, 1.82) is 10.5 Å². The number of rotatable bonds is 2. The Morgan fingerprint density at radius 3 is 2.39 bits per heavy atom. The zero-order valence-electron chi connectivity index (χ0n) is 8.59. The topological polar surface area (TPSA) is 72.0 Å². The van der Waals surface area contributed by atoms with E-state index >= 15 is 0 Å². The lowest BCUT2D eigenvalue weighted by Gasteiger charge is -2.11. The Hall–Kier alpha value is -2.06. The number of nitriles is 2. The van der Waals surface area contributed by atoms with E-state index in [0.717, 1.165) is 6.07 Å². The van der Waals surface area contributed by atoms with Crippen molar-refractivity contribution in [2.24, 2.45) is 5.10 Å². The number of hydrogen-bond acceptors (Lipinski definition) is 4. The highest BCUT2D eigenvalue weighted by atomic mass is 79.9. The molecule has 0 bridgehead atoms. The Bertz CT molecular complexity index is 550. The molecule has 0 atom stereocenters. The summed E-state index contributed by atoms with van der Waals surface area (Å²) in [5, 5.41) is 20.2. The van der Waals surface area contributed by atoms with Crippen LogP contribution in [0.15, 0.2) is 27.8 Å². The molecule has 0 spiro atoms. The third kappa shape index (κ3) is 3.22. The summed E-state index contributed by atoms with van der Waals surface area (Å²) >= 11 is 2.79. The van der Waals surface area contributed by atoms with Gasteiger partial charge in [-0.3, -0.25) is 5.43 Å². The Morgan fingerprint density at radius 2 is 1.89 bits per heavy atom. The quantitative estimate of drug-likeness (QED) is 0.672. The fourth-order valence-electron chi connectivity index (χ4n) is 1.03. The first-order valence-corrected chi connectivity index (χ1v) is 5.19. The van der Waals surface area contributed by atoms with Crippen LogP contribution in [0.1, 0.15) is 5.56 Å². The lowest BCUT2D eigenvalue weighted by molar-refractivity contribution is -0.138. The van der Waals surface area contributed by atoms with Gasteiger partial charge in [0.05, 0.1) is 15.7 Å². The molecule has 8 heteroatoms. The summed E-state index contributed by atoms with van der Waals surface area (Å²) in [7, 11) is 0. The maximum atomic E-state index is 12.6. The summed E-state index contributed by atoms with van der Waals surface area (Å²) < 4.78 is 37.4. The summed E-state index contributed by atoms with van der Waals surface area (Å²) in [4.78, 5) is 0. The minimum absolute atomic E-state index is 0.00725. The molecule has 0 heterocycles. The molecule has 0 fully saturated rings. The molecule has 18 heavy (non-hydrogen) atoms. The van der Waals surface area contributed by atoms with Gasteiger partial charge in [0.1, 0.15) is 12.1 Å². The van der Waals surface area contributed by atoms with Gasteiger partial charge in [-0.25, -0.2) is 0 Å². The lowest BCUT2D eigenvalue weighted by Crippen LogP contribution is -2.07. The van der Waals surface area contributed by atoms with Crippen LogP contribution in [0.5, 0.6) is 0 Å². The maximum absolute atomic E-state index is 12.6. The first kappa shape index (κ1) is 14.0. The van der Waals surface area contributed by atoms with Crippen LogP contribution in [0.3, 0.4) is 0 Å². The highest BCUT2D eigenvalue weighted by Gasteiger charge is 2.33. The number of hydrogen-bond donors (Lipinski definition) is 1. The summed E-state index contributed by atoms with van der Waals surface area (Å²) in [6, 6.07) is 6.36. The van der Waals surface area contributed by atoms with Gasteiger partial charge in [-0.15, -0.1) is 0 Å². The Kier molecular flexibility index (Phi) is 4.29. The molecule has 0 aromatic heterocycles. The van der Waals surface area contributed by atoms with Crippen molar-refractivity contribution in [3.63, 3.8) is 0 Å². The number of nitrogens with zero attached hydrogens (tertiary/aromatic N) is 3. The second-order valence-corrected chi connectivity index (χ2v) is 3.75. The average Bonchev–Trinajstić information content (AvgIpc) is 2.30. The van der Waals surface area contributed by atoms with E-state index in [9.17, 15) is 13.2 Å². The average molecular weight is 317 g/mol. The van der Waals surface area contributed by atoms with Gasteiger partial charge in [-0.1, -0.05) is 6.07 Å². The molecule has 0 amide bonds. The highest BCUT2D eigenvalue weighted by molar-refractivity contribution is 9.10. The molecule has 1 aromatic rings. The molecule has 0 saturated carbocycles. The molecule has 4 nitrogen and oxygen atoms in total. The number of hydrazone groups is 1. The van der Waals surface area contributed by atoms with Crippen LogP contribution in [0.4, 0.5) is 18.9 Å². The summed E-state index contributed by atoms with van der Waals surface area (Å²) in [6.45, 7) is 0. The van der Waals surface area contributed by atoms with E-state index in [0.29, 0.717) is 0 Å². The monoisotopic (exact) mass is 316 g/mol. The predicted molar refractivity (Wildman–Crippen MR) is 61.4 cm³/mol. The first-order chi connectivity index (χ1) is 8.40. The third-order valence-corrected chi connectivity index (χ3v) is 2.66. The Balaban J connectivity index is 3.11. The summed E-state index contributed by atoms with van der Waals surface area (Å²) in [5.41, 5.74) is 0.867. The number of alkyl halides is 3. The minimum Gasteiger partial charge on any atom is -0.275 e. The van der Waals surface area contributed by atoms with Crippen LogP contribution in [0.25, 0.3) is 0 Å². The van der Waals surface area contributed by atoms with E-state index < -0.39 is 17.5 Å². The van der Waals surface area contributed by atoms with Crippen molar-refractivity contribution >= 4 is 27.3 Å². The van der Waals surface area contributed by atoms with Crippen molar-refractivity contribution in [2.75, 3.05) is 5.43 Å². The van der Waals surface area contributed by atoms with Gasteiger partial charge in [-0.05, 0) is 28.1 Å². The zero-order chi connectivity index (χ0) is 13.8. The Morgan fingerprint density at radius 1 is 1.28 bits per heavy atom. The van der Waals surface area contributed by atoms with Crippen LogP contribution < -0.4 is 5.43 Å². The molecule has 0 aliphatic carbocycles. The van der Waals surface area contributed by atoms with E-state index in [1.807, 2.05) is 0 Å². The van der Waals surface area contributed by atoms with E-state index in [-0.39, 0.29) is 10.2 Å². The molecular formula is C10H4BrF3N4. The standard InChI is InChI=1S/C10H4BrF3N4/c11-9-7(10(12,13)14)2-1-3-8(9)18-17-6(4-15)5-16/h1-3,18H. The normalized spacial score (nSPS) is 10.1. The first-order valence-electron chi connectivity index (χ1n) is 4.39. The predicted octanol–water partition coefficient (Wildman–Crippen LogP) is 3.28. The molecule has 0 aliphatic heterocycles. The highest BCUT2D eigenvalue weighted by Crippen LogP contribution is 2.38. The van der Waals surface area contributed by atoms with Crippen molar-refractivity contribution in [2.45, 2.75) is 6.18 Å². The van der Waals surface area contributed by atoms with Crippen molar-refractivity contribution in [3.8, 4) is 12.1 Å². The van der Waals surface area contributed by atoms with Crippen LogP contribution in [-0.2, 0) is 6.18 Å². The fourth-order valence-corrected chi connectivity index (χ4v) is 1.61. The number of halogens is 4. The van der Waals surface area contributed by atoms with Crippen LogP contribution in [0.2, 0.25) is 0 Å². The molecule has 1 rings (SSSR count). The van der Waals surface area contributed by atoms with Crippen molar-refractivity contribution < 1.29 is 13.2 Å². The number of benzene rings is 1. The second kappa shape index (κ2) is 5.52. The van der Waals surface area contributed by atoms with Crippen LogP contribution in [0, 0.1) is 22.7 Å². The fraction of sp³-hybridized carbons (Fsp3) is 0.100. The maximum Gasteiger partial charge on any atom is 0.417 e. The van der Waals surface area contributed by atoms with Gasteiger partial charge >= 0.3 is 6.18 Å². The summed E-state index contributed by atoms with van der Waals surface area (Å²) in [5.74, 6) is 0. The molecule has 0 aliphatic rings. The van der Waals surface area contributed by atoms with Gasteiger partial charge in [0.15, 0.2) is 0 Å². The smallest absolute Gasteiger partial charge is 0.275 e. The largest absolute Gasteiger partial charge is 0.417 e. The second-order valence-electron chi connectivity index (χ2n) is 2.96. The van der Waals surface area contributed by atoms with Crippen LogP contribution >= 0.6 is 15.9 Å². The van der Waals surface area contributed by atoms with Gasteiger partial charge in [-0.2, -0.15) is 28.8 Å². The third-order valence-electron chi connectivity index (χ3n) is 1.80. The van der Waals surface area contributed by atoms with Gasteiger partial charge < -0.3 is 0 Å². The SMILES string of the molecule is N#CC(C#N)=NNc1cccc(C(F)(F)F)c1Br. The molecule has 92 valence electrons. The van der Waals surface area contributed by atoms with Gasteiger partial charge in [0.25, 0.3) is 0 Å². The molecule has 1 N–H and O–H groups in total. The van der Waals surface area contributed by atoms with E-state index in [4.69, 9.17) is 10.5 Å². The van der Waals surface area contributed by atoms with Crippen molar-refractivity contribution in [3.05, 3.63) is 28.2 Å². The Labute approximate surface area is 108 Å². The summed E-state index contributed by atoms with van der Waals surface area (Å²) in [6.07, 6.45) is -4.51. The number of nitrogens with one attached hydrogen (secondary N) is 1. The van der Waals surface area contributed by atoms with Crippen LogP contribution in [-0.4, -0.2) is 5.71 Å². The van der Waals surface area contributed by atoms with Gasteiger partial charge in [0, 0.05) is 0 Å². The number of anilines is 1. The van der Waals surface area contributed by atoms with Crippen molar-refractivity contribution in [1.82, 2.24) is 0 Å². The lowest BCUT2D eigenvalue weighted by atomic mass is 10.2. The van der Waals surface area contributed by atoms with E-state index in [1.165, 1.54) is 24.3 Å². The molecule has 0 radical (unpaired) electrons. The molecular weight excluding hydrogens is 313 g/mol. The minimum atomic E-state index is -4.51. The zero-order valence-corrected chi connectivity index (χ0v) is 10.2. The van der Waals surface area contributed by atoms with E-state index in [2.05, 4.69) is 26.5 Å².